The van der Waals surface area contributed by atoms with Gasteiger partial charge in [-0.15, -0.1) is 0 Å². The third-order valence-corrected chi connectivity index (χ3v) is 3.75. The van der Waals surface area contributed by atoms with E-state index in [-0.39, 0.29) is 5.03 Å². The first-order chi connectivity index (χ1) is 9.53. The van der Waals surface area contributed by atoms with Gasteiger partial charge in [0.25, 0.3) is 10.0 Å². The molecule has 0 saturated heterocycles. The van der Waals surface area contributed by atoms with Crippen LogP contribution in [0.25, 0.3) is 0 Å². The molecule has 0 unspecified atom stereocenters. The Hall–Kier alpha value is -2.06. The molecule has 1 aromatic heterocycles. The summed E-state index contributed by atoms with van der Waals surface area (Å²) in [6.07, 6.45) is 1.26. The molecule has 0 amide bonds. The predicted octanol–water partition coefficient (Wildman–Crippen LogP) is 0.856. The number of imidazole rings is 1. The highest BCUT2D eigenvalue weighted by Gasteiger charge is 2.18. The molecular formula is C12H16N4O3S. The van der Waals surface area contributed by atoms with Crippen molar-refractivity contribution in [2.75, 3.05) is 17.9 Å². The average molecular weight is 296 g/mol. The maximum atomic E-state index is 12.2. The van der Waals surface area contributed by atoms with Crippen LogP contribution in [-0.4, -0.2) is 31.5 Å². The van der Waals surface area contributed by atoms with Crippen LogP contribution in [0.2, 0.25) is 0 Å². The van der Waals surface area contributed by atoms with Gasteiger partial charge in [-0.3, -0.25) is 4.72 Å². The molecule has 0 saturated carbocycles. The highest BCUT2D eigenvalue weighted by atomic mass is 32.2. The van der Waals surface area contributed by atoms with Gasteiger partial charge in [-0.2, -0.15) is 8.42 Å². The molecule has 20 heavy (non-hydrogen) atoms. The number of aryl methyl sites for hydroxylation is 1. The predicted molar refractivity (Wildman–Crippen MR) is 75.1 cm³/mol. The summed E-state index contributed by atoms with van der Waals surface area (Å²) in [6, 6.07) is 6.76. The molecule has 0 radical (unpaired) electrons. The van der Waals surface area contributed by atoms with E-state index < -0.39 is 10.0 Å². The molecule has 2 aromatic rings. The van der Waals surface area contributed by atoms with Crippen LogP contribution in [0.3, 0.4) is 0 Å². The monoisotopic (exact) mass is 296 g/mol. The fourth-order valence-corrected chi connectivity index (χ4v) is 2.62. The van der Waals surface area contributed by atoms with Crippen molar-refractivity contribution in [1.29, 1.82) is 0 Å². The lowest BCUT2D eigenvalue weighted by atomic mass is 10.3. The number of hydrogen-bond acceptors (Lipinski definition) is 5. The number of sulfonamides is 1. The first-order valence-electron chi connectivity index (χ1n) is 5.99. The normalized spacial score (nSPS) is 11.3. The number of nitrogens with two attached hydrogens (primary N) is 1. The second-order valence-corrected chi connectivity index (χ2v) is 5.72. The van der Waals surface area contributed by atoms with E-state index in [0.717, 1.165) is 0 Å². The van der Waals surface area contributed by atoms with Crippen molar-refractivity contribution in [1.82, 2.24) is 9.97 Å². The topological polar surface area (TPSA) is 110 Å². The van der Waals surface area contributed by atoms with Crippen LogP contribution in [0, 0.1) is 6.92 Å². The number of aromatic amines is 1. The average Bonchev–Trinajstić information content (AvgIpc) is 2.85. The van der Waals surface area contributed by atoms with Crippen LogP contribution in [-0.2, 0) is 10.0 Å². The third kappa shape index (κ3) is 3.28. The van der Waals surface area contributed by atoms with E-state index in [2.05, 4.69) is 14.7 Å². The lowest BCUT2D eigenvalue weighted by Crippen LogP contribution is -2.16. The molecule has 1 heterocycles. The standard InChI is InChI=1S/C12H16N4O3S/c1-9-14-8-12(15-9)20(17,18)16-10-4-2-3-5-11(10)19-7-6-13/h2-5,8,16H,6-7,13H2,1H3,(H,14,15). The molecule has 0 bridgehead atoms. The van der Waals surface area contributed by atoms with Gasteiger partial charge >= 0.3 is 0 Å². The zero-order chi connectivity index (χ0) is 14.6. The molecule has 0 spiro atoms. The zero-order valence-electron chi connectivity index (χ0n) is 11.0. The SMILES string of the molecule is Cc1ncc(S(=O)(=O)Nc2ccccc2OCCN)[nH]1. The van der Waals surface area contributed by atoms with Crippen LogP contribution in [0.15, 0.2) is 35.5 Å². The van der Waals surface area contributed by atoms with Gasteiger partial charge in [0.05, 0.1) is 11.9 Å². The number of aromatic nitrogens is 2. The molecule has 1 aromatic carbocycles. The number of ether oxygens (including phenoxy) is 1. The number of nitrogens with one attached hydrogen (secondary N) is 2. The smallest absolute Gasteiger partial charge is 0.279 e. The molecule has 0 aliphatic carbocycles. The van der Waals surface area contributed by atoms with Gasteiger partial charge in [-0.05, 0) is 19.1 Å². The molecule has 0 atom stereocenters. The number of rotatable bonds is 6. The largest absolute Gasteiger partial charge is 0.490 e. The van der Waals surface area contributed by atoms with E-state index >= 15 is 0 Å². The van der Waals surface area contributed by atoms with Crippen LogP contribution in [0.1, 0.15) is 5.82 Å². The number of hydrogen-bond donors (Lipinski definition) is 3. The second-order valence-electron chi connectivity index (χ2n) is 4.07. The van der Waals surface area contributed by atoms with Gasteiger partial charge < -0.3 is 15.5 Å². The van der Waals surface area contributed by atoms with Crippen LogP contribution >= 0.6 is 0 Å². The Morgan fingerprint density at radius 2 is 2.15 bits per heavy atom. The van der Waals surface area contributed by atoms with Gasteiger partial charge in [-0.25, -0.2) is 4.98 Å². The number of nitrogens with zero attached hydrogens (tertiary/aromatic N) is 1. The second kappa shape index (κ2) is 5.93. The van der Waals surface area contributed by atoms with E-state index in [1.165, 1.54) is 6.20 Å². The van der Waals surface area contributed by atoms with Crippen molar-refractivity contribution in [3.63, 3.8) is 0 Å². The van der Waals surface area contributed by atoms with E-state index in [9.17, 15) is 8.42 Å². The zero-order valence-corrected chi connectivity index (χ0v) is 11.8. The van der Waals surface area contributed by atoms with Crippen molar-refractivity contribution in [2.24, 2.45) is 5.73 Å². The first kappa shape index (κ1) is 14.4. The molecule has 8 heteroatoms. The lowest BCUT2D eigenvalue weighted by molar-refractivity contribution is 0.330. The van der Waals surface area contributed by atoms with Crippen LogP contribution < -0.4 is 15.2 Å². The maximum absolute atomic E-state index is 12.2. The fraction of sp³-hybridized carbons (Fsp3) is 0.250. The Balaban J connectivity index is 2.25. The van der Waals surface area contributed by atoms with E-state index in [0.29, 0.717) is 30.4 Å². The minimum Gasteiger partial charge on any atom is -0.490 e. The molecule has 0 aliphatic rings. The van der Waals surface area contributed by atoms with Crippen LogP contribution in [0.4, 0.5) is 5.69 Å². The summed E-state index contributed by atoms with van der Waals surface area (Å²) in [5.41, 5.74) is 5.73. The molecule has 0 aliphatic heterocycles. The Kier molecular flexibility index (Phi) is 4.26. The van der Waals surface area contributed by atoms with Crippen molar-refractivity contribution >= 4 is 15.7 Å². The summed E-state index contributed by atoms with van der Waals surface area (Å²) in [5.74, 6) is 0.954. The molecular weight excluding hydrogens is 280 g/mol. The summed E-state index contributed by atoms with van der Waals surface area (Å²) in [5, 5.41) is 0.00336. The summed E-state index contributed by atoms with van der Waals surface area (Å²) in [7, 11) is -3.72. The van der Waals surface area contributed by atoms with Gasteiger partial charge in [0, 0.05) is 6.54 Å². The summed E-state index contributed by atoms with van der Waals surface area (Å²) >= 11 is 0. The molecule has 108 valence electrons. The third-order valence-electron chi connectivity index (χ3n) is 2.48. The van der Waals surface area contributed by atoms with Gasteiger partial charge in [0.15, 0.2) is 5.03 Å². The van der Waals surface area contributed by atoms with Gasteiger partial charge in [-0.1, -0.05) is 12.1 Å². The minimum atomic E-state index is -3.72. The molecule has 0 fully saturated rings. The minimum absolute atomic E-state index is 0.00336. The van der Waals surface area contributed by atoms with E-state index in [4.69, 9.17) is 10.5 Å². The lowest BCUT2D eigenvalue weighted by Gasteiger charge is -2.12. The fourth-order valence-electron chi connectivity index (χ4n) is 1.58. The highest BCUT2D eigenvalue weighted by Crippen LogP contribution is 2.26. The summed E-state index contributed by atoms with van der Waals surface area (Å²) in [6.45, 7) is 2.33. The number of para-hydroxylation sites is 2. The summed E-state index contributed by atoms with van der Waals surface area (Å²) in [4.78, 5) is 6.55. The van der Waals surface area contributed by atoms with Gasteiger partial charge in [0.2, 0.25) is 0 Å². The number of benzene rings is 1. The van der Waals surface area contributed by atoms with Gasteiger partial charge in [0.1, 0.15) is 18.2 Å². The first-order valence-corrected chi connectivity index (χ1v) is 7.47. The van der Waals surface area contributed by atoms with Crippen molar-refractivity contribution < 1.29 is 13.2 Å². The molecule has 2 rings (SSSR count). The maximum Gasteiger partial charge on any atom is 0.279 e. The number of anilines is 1. The Labute approximate surface area is 117 Å². The molecule has 4 N–H and O–H groups in total. The van der Waals surface area contributed by atoms with Crippen molar-refractivity contribution in [3.8, 4) is 5.75 Å². The van der Waals surface area contributed by atoms with Crippen LogP contribution in [0.5, 0.6) is 5.75 Å². The Morgan fingerprint density at radius 1 is 1.40 bits per heavy atom. The van der Waals surface area contributed by atoms with Crippen molar-refractivity contribution in [3.05, 3.63) is 36.3 Å². The quantitative estimate of drug-likeness (QED) is 0.732. The summed E-state index contributed by atoms with van der Waals surface area (Å²) < 4.78 is 32.2. The molecule has 7 nitrogen and oxygen atoms in total. The highest BCUT2D eigenvalue weighted by molar-refractivity contribution is 7.92. The van der Waals surface area contributed by atoms with E-state index in [1.807, 2.05) is 0 Å². The Morgan fingerprint density at radius 3 is 2.80 bits per heavy atom. The van der Waals surface area contributed by atoms with E-state index in [1.54, 1.807) is 31.2 Å². The Bertz CT molecular complexity index is 682. The van der Waals surface area contributed by atoms with Crippen molar-refractivity contribution in [2.45, 2.75) is 11.9 Å². The number of H-pyrrole nitrogens is 1.